The number of pyridine rings is 1. The fourth-order valence-electron chi connectivity index (χ4n) is 4.30. The minimum Gasteiger partial charge on any atom is -0.334 e. The summed E-state index contributed by atoms with van der Waals surface area (Å²) < 4.78 is 39.0. The molecule has 2 bridgehead atoms. The van der Waals surface area contributed by atoms with Crippen LogP contribution in [0.4, 0.5) is 13.2 Å². The van der Waals surface area contributed by atoms with Gasteiger partial charge in [-0.15, -0.1) is 0 Å². The van der Waals surface area contributed by atoms with Crippen LogP contribution in [0.3, 0.4) is 0 Å². The van der Waals surface area contributed by atoms with Gasteiger partial charge in [0.15, 0.2) is 0 Å². The number of rotatable bonds is 3. The molecule has 0 unspecified atom stereocenters. The number of alkyl halides is 3. The van der Waals surface area contributed by atoms with Crippen LogP contribution in [0.5, 0.6) is 0 Å². The van der Waals surface area contributed by atoms with E-state index < -0.39 is 11.7 Å². The van der Waals surface area contributed by atoms with Crippen molar-refractivity contribution in [2.45, 2.75) is 31.6 Å². The molecule has 4 heterocycles. The molecule has 3 aliphatic heterocycles. The lowest BCUT2D eigenvalue weighted by Crippen LogP contribution is -2.47. The van der Waals surface area contributed by atoms with Crippen LogP contribution in [0.2, 0.25) is 0 Å². The highest BCUT2D eigenvalue weighted by Gasteiger charge is 2.38. The van der Waals surface area contributed by atoms with Crippen LogP contribution in [0.25, 0.3) is 0 Å². The van der Waals surface area contributed by atoms with E-state index in [1.807, 2.05) is 18.3 Å². The molecule has 2 aromatic rings. The predicted molar refractivity (Wildman–Crippen MR) is 98.5 cm³/mol. The minimum absolute atomic E-state index is 0.0254. The van der Waals surface area contributed by atoms with Gasteiger partial charge in [-0.1, -0.05) is 12.1 Å². The van der Waals surface area contributed by atoms with Crippen molar-refractivity contribution < 1.29 is 18.0 Å². The first-order valence-electron chi connectivity index (χ1n) is 9.49. The van der Waals surface area contributed by atoms with Crippen LogP contribution in [0.15, 0.2) is 48.8 Å². The van der Waals surface area contributed by atoms with Crippen LogP contribution in [0, 0.1) is 5.92 Å². The van der Waals surface area contributed by atoms with Gasteiger partial charge in [0.05, 0.1) is 5.56 Å². The fourth-order valence-corrected chi connectivity index (χ4v) is 4.30. The Labute approximate surface area is 162 Å². The number of nitrogens with zero attached hydrogens (tertiary/aromatic N) is 3. The Hall–Kier alpha value is -2.41. The van der Waals surface area contributed by atoms with Gasteiger partial charge in [0.25, 0.3) is 5.91 Å². The van der Waals surface area contributed by atoms with Gasteiger partial charge in [0.1, 0.15) is 0 Å². The van der Waals surface area contributed by atoms with Gasteiger partial charge < -0.3 is 4.90 Å². The maximum absolute atomic E-state index is 13.0. The van der Waals surface area contributed by atoms with Crippen LogP contribution >= 0.6 is 0 Å². The number of carbonyl (C=O) groups is 1. The Bertz CT molecular complexity index is 840. The van der Waals surface area contributed by atoms with E-state index in [1.54, 1.807) is 11.1 Å². The summed E-state index contributed by atoms with van der Waals surface area (Å²) in [5.74, 6) is 0.0363. The molecule has 148 valence electrons. The Kier molecular flexibility index (Phi) is 5.10. The van der Waals surface area contributed by atoms with Crippen molar-refractivity contribution in [1.82, 2.24) is 14.8 Å². The zero-order valence-corrected chi connectivity index (χ0v) is 15.4. The molecule has 0 aliphatic carbocycles. The van der Waals surface area contributed by atoms with Gasteiger partial charge in [-0.2, -0.15) is 13.2 Å². The molecular weight excluding hydrogens is 367 g/mol. The second-order valence-corrected chi connectivity index (χ2v) is 7.69. The number of hydrogen-bond donors (Lipinski definition) is 0. The largest absolute Gasteiger partial charge is 0.416 e. The average molecular weight is 389 g/mol. The highest BCUT2D eigenvalue weighted by atomic mass is 19.4. The van der Waals surface area contributed by atoms with Gasteiger partial charge in [-0.3, -0.25) is 14.7 Å². The van der Waals surface area contributed by atoms with E-state index >= 15 is 0 Å². The van der Waals surface area contributed by atoms with Crippen molar-refractivity contribution >= 4 is 5.91 Å². The first-order valence-corrected chi connectivity index (χ1v) is 9.49. The second-order valence-electron chi connectivity index (χ2n) is 7.69. The third kappa shape index (κ3) is 4.04. The zero-order valence-electron chi connectivity index (χ0n) is 15.4. The van der Waals surface area contributed by atoms with Crippen LogP contribution in [-0.2, 0) is 12.7 Å². The fraction of sp³-hybridized carbons (Fsp3) is 0.429. The lowest BCUT2D eigenvalue weighted by molar-refractivity contribution is -0.137. The van der Waals surface area contributed by atoms with Crippen LogP contribution in [-0.4, -0.2) is 46.4 Å². The van der Waals surface area contributed by atoms with Crippen molar-refractivity contribution in [2.24, 2.45) is 5.92 Å². The summed E-state index contributed by atoms with van der Waals surface area (Å²) in [6, 6.07) is 8.72. The zero-order chi connectivity index (χ0) is 19.7. The molecule has 28 heavy (non-hydrogen) atoms. The van der Waals surface area contributed by atoms with Gasteiger partial charge >= 0.3 is 6.18 Å². The van der Waals surface area contributed by atoms with Gasteiger partial charge in [-0.05, 0) is 48.6 Å². The molecule has 3 saturated heterocycles. The number of hydrogen-bond acceptors (Lipinski definition) is 3. The summed E-state index contributed by atoms with van der Waals surface area (Å²) in [6.45, 7) is 2.99. The number of fused-ring (bicyclic) bond motifs is 4. The minimum atomic E-state index is -4.45. The molecular formula is C21H22F3N3O. The summed E-state index contributed by atoms with van der Waals surface area (Å²) in [7, 11) is 0. The third-order valence-corrected chi connectivity index (χ3v) is 5.62. The Morgan fingerprint density at radius 3 is 2.71 bits per heavy atom. The maximum atomic E-state index is 13.0. The molecule has 7 heteroatoms. The van der Waals surface area contributed by atoms with Crippen molar-refractivity contribution in [1.29, 1.82) is 0 Å². The molecule has 3 fully saturated rings. The molecule has 5 rings (SSSR count). The van der Waals surface area contributed by atoms with E-state index in [0.717, 1.165) is 50.2 Å². The predicted octanol–water partition coefficient (Wildman–Crippen LogP) is 3.84. The number of aromatic nitrogens is 1. The maximum Gasteiger partial charge on any atom is 0.416 e. The molecule has 3 aliphatic rings. The van der Waals surface area contributed by atoms with E-state index in [2.05, 4.69) is 9.88 Å². The monoisotopic (exact) mass is 389 g/mol. The van der Waals surface area contributed by atoms with Gasteiger partial charge in [0.2, 0.25) is 0 Å². The molecule has 1 aromatic heterocycles. The molecule has 0 N–H and O–H groups in total. The molecule has 0 radical (unpaired) electrons. The highest BCUT2D eigenvalue weighted by Crippen LogP contribution is 2.32. The lowest BCUT2D eigenvalue weighted by atomic mass is 9.94. The number of halogens is 3. The van der Waals surface area contributed by atoms with Crippen molar-refractivity contribution in [2.75, 3.05) is 19.6 Å². The van der Waals surface area contributed by atoms with E-state index in [-0.39, 0.29) is 17.5 Å². The molecule has 0 saturated carbocycles. The third-order valence-electron chi connectivity index (χ3n) is 5.62. The number of piperidine rings is 1. The Balaban J connectivity index is 1.51. The lowest BCUT2D eigenvalue weighted by Gasteiger charge is -2.36. The topological polar surface area (TPSA) is 36.4 Å². The van der Waals surface area contributed by atoms with Crippen LogP contribution in [0.1, 0.15) is 34.3 Å². The summed E-state index contributed by atoms with van der Waals surface area (Å²) >= 11 is 0. The average Bonchev–Trinajstić information content (AvgIpc) is 2.98. The van der Waals surface area contributed by atoms with Crippen molar-refractivity contribution in [3.05, 3.63) is 65.5 Å². The molecule has 2 atom stereocenters. The van der Waals surface area contributed by atoms with Crippen molar-refractivity contribution in [3.8, 4) is 0 Å². The number of carbonyl (C=O) groups excluding carboxylic acids is 1. The Morgan fingerprint density at radius 2 is 1.96 bits per heavy atom. The summed E-state index contributed by atoms with van der Waals surface area (Å²) in [4.78, 5) is 21.3. The van der Waals surface area contributed by atoms with E-state index in [9.17, 15) is 18.0 Å². The Morgan fingerprint density at radius 1 is 1.11 bits per heavy atom. The standard InChI is InChI=1S/C21H22F3N3O/c22-21(23,24)18-5-1-4-17(9-18)20(28)27-13-16-6-7-19(27)14-26(12-16)11-15-3-2-8-25-10-15/h1-5,8-10,16,19H,6-7,11-14H2/t16-,19+/m0/s1. The van der Waals surface area contributed by atoms with Crippen molar-refractivity contribution in [3.63, 3.8) is 0 Å². The first-order chi connectivity index (χ1) is 13.4. The molecule has 1 aromatic carbocycles. The van der Waals surface area contributed by atoms with Gasteiger partial charge in [0, 0.05) is 50.2 Å². The number of benzene rings is 1. The van der Waals surface area contributed by atoms with Crippen LogP contribution < -0.4 is 0 Å². The number of amides is 1. The molecule has 4 nitrogen and oxygen atoms in total. The quantitative estimate of drug-likeness (QED) is 0.800. The summed E-state index contributed by atoms with van der Waals surface area (Å²) in [5, 5.41) is 0. The summed E-state index contributed by atoms with van der Waals surface area (Å²) in [5.41, 5.74) is 0.456. The van der Waals surface area contributed by atoms with Gasteiger partial charge in [-0.25, -0.2) is 0 Å². The molecule has 1 amide bonds. The van der Waals surface area contributed by atoms with E-state index in [4.69, 9.17) is 0 Å². The highest BCUT2D eigenvalue weighted by molar-refractivity contribution is 5.94. The normalized spacial score (nSPS) is 22.9. The molecule has 0 spiro atoms. The SMILES string of the molecule is O=C(c1cccc(C(F)(F)F)c1)N1C[C@H]2CC[C@@H]1CN(Cc1cccnc1)C2. The van der Waals surface area contributed by atoms with E-state index in [0.29, 0.717) is 12.5 Å². The second kappa shape index (κ2) is 7.54. The smallest absolute Gasteiger partial charge is 0.334 e. The van der Waals surface area contributed by atoms with E-state index in [1.165, 1.54) is 12.1 Å². The summed E-state index contributed by atoms with van der Waals surface area (Å²) in [6.07, 6.45) is 1.07. The first kappa shape index (κ1) is 18.9.